The van der Waals surface area contributed by atoms with Crippen molar-refractivity contribution in [2.45, 2.75) is 20.3 Å². The molecular weight excluding hydrogens is 246 g/mol. The minimum Gasteiger partial charge on any atom is -0.269 e. The topological polar surface area (TPSA) is 37.4 Å². The van der Waals surface area contributed by atoms with Crippen LogP contribution in [0.1, 0.15) is 25.0 Å². The van der Waals surface area contributed by atoms with Crippen molar-refractivity contribution in [3.8, 4) is 0 Å². The molecule has 0 bridgehead atoms. The molecule has 18 heavy (non-hydrogen) atoms. The molecular formula is C14H15NO2S. The summed E-state index contributed by atoms with van der Waals surface area (Å²) in [5.41, 5.74) is 2.21. The highest BCUT2D eigenvalue weighted by molar-refractivity contribution is 8.18. The predicted octanol–water partition coefficient (Wildman–Crippen LogP) is 3.31. The zero-order valence-electron chi connectivity index (χ0n) is 10.5. The highest BCUT2D eigenvalue weighted by Gasteiger charge is 2.33. The Hall–Kier alpha value is -1.55. The van der Waals surface area contributed by atoms with Crippen LogP contribution in [0.3, 0.4) is 0 Å². The molecule has 1 heterocycles. The van der Waals surface area contributed by atoms with Crippen molar-refractivity contribution < 1.29 is 9.59 Å². The predicted molar refractivity (Wildman–Crippen MR) is 74.2 cm³/mol. The van der Waals surface area contributed by atoms with Crippen LogP contribution >= 0.6 is 11.8 Å². The highest BCUT2D eigenvalue weighted by Crippen LogP contribution is 2.31. The number of thioether (sulfide) groups is 1. The number of carbonyl (C=O) groups is 2. The monoisotopic (exact) mass is 261 g/mol. The van der Waals surface area contributed by atoms with Crippen LogP contribution in [0.2, 0.25) is 0 Å². The fourth-order valence-electron chi connectivity index (χ4n) is 1.77. The molecule has 1 aromatic carbocycles. The highest BCUT2D eigenvalue weighted by atomic mass is 32.2. The summed E-state index contributed by atoms with van der Waals surface area (Å²) in [6.45, 7) is 4.33. The molecule has 0 N–H and O–H groups in total. The number of nitrogens with zero attached hydrogens (tertiary/aromatic N) is 1. The van der Waals surface area contributed by atoms with Gasteiger partial charge in [0.25, 0.3) is 11.1 Å². The molecule has 1 aromatic rings. The lowest BCUT2D eigenvalue weighted by atomic mass is 10.1. The third-order valence-electron chi connectivity index (χ3n) is 2.88. The summed E-state index contributed by atoms with van der Waals surface area (Å²) in [4.78, 5) is 25.2. The number of amides is 2. The number of benzene rings is 1. The molecule has 0 unspecified atom stereocenters. The van der Waals surface area contributed by atoms with Crippen LogP contribution in [0.15, 0.2) is 29.2 Å². The molecule has 4 heteroatoms. The van der Waals surface area contributed by atoms with Gasteiger partial charge >= 0.3 is 0 Å². The third kappa shape index (κ3) is 2.48. The Bertz CT molecular complexity index is 505. The van der Waals surface area contributed by atoms with Crippen molar-refractivity contribution in [2.24, 2.45) is 0 Å². The number of rotatable bonds is 3. The number of hydrogen-bond donors (Lipinski definition) is 0. The van der Waals surface area contributed by atoms with Gasteiger partial charge in [-0.1, -0.05) is 31.2 Å². The molecule has 0 spiro atoms. The van der Waals surface area contributed by atoms with Crippen LogP contribution < -0.4 is 0 Å². The second kappa shape index (κ2) is 5.40. The molecule has 1 aliphatic heterocycles. The van der Waals surface area contributed by atoms with Gasteiger partial charge in [0.2, 0.25) is 0 Å². The summed E-state index contributed by atoms with van der Waals surface area (Å²) < 4.78 is 0. The number of carbonyl (C=O) groups excluding carboxylic acids is 2. The summed E-state index contributed by atoms with van der Waals surface area (Å²) in [5, 5.41) is -0.182. The van der Waals surface area contributed by atoms with Gasteiger partial charge in [0.05, 0.1) is 4.91 Å². The maximum atomic E-state index is 11.9. The fourth-order valence-corrected chi connectivity index (χ4v) is 2.68. The first-order valence-electron chi connectivity index (χ1n) is 6.00. The van der Waals surface area contributed by atoms with Gasteiger partial charge in [-0.15, -0.1) is 0 Å². The first-order chi connectivity index (χ1) is 8.65. The summed E-state index contributed by atoms with van der Waals surface area (Å²) in [7, 11) is 0. The molecule has 2 amide bonds. The van der Waals surface area contributed by atoms with Gasteiger partial charge < -0.3 is 0 Å². The molecule has 0 atom stereocenters. The van der Waals surface area contributed by atoms with Crippen LogP contribution in [0.5, 0.6) is 0 Å². The van der Waals surface area contributed by atoms with Crippen molar-refractivity contribution in [3.63, 3.8) is 0 Å². The van der Waals surface area contributed by atoms with E-state index in [0.29, 0.717) is 11.4 Å². The molecule has 0 saturated carbocycles. The van der Waals surface area contributed by atoms with Crippen molar-refractivity contribution >= 4 is 29.0 Å². The van der Waals surface area contributed by atoms with E-state index in [1.165, 1.54) is 10.5 Å². The maximum Gasteiger partial charge on any atom is 0.293 e. The molecule has 1 fully saturated rings. The summed E-state index contributed by atoms with van der Waals surface area (Å²) in [6.07, 6.45) is 2.77. The van der Waals surface area contributed by atoms with Gasteiger partial charge in [-0.2, -0.15) is 0 Å². The van der Waals surface area contributed by atoms with E-state index in [0.717, 1.165) is 23.7 Å². The number of likely N-dealkylation sites (N-methyl/N-ethyl adjacent to an activating group) is 1. The second-order valence-electron chi connectivity index (χ2n) is 4.02. The first kappa shape index (κ1) is 12.9. The lowest BCUT2D eigenvalue weighted by molar-refractivity contribution is -0.122. The molecule has 0 aliphatic carbocycles. The summed E-state index contributed by atoms with van der Waals surface area (Å²) >= 11 is 1.01. The molecule has 0 aromatic heterocycles. The van der Waals surface area contributed by atoms with Gasteiger partial charge in [0.15, 0.2) is 0 Å². The molecule has 1 aliphatic rings. The Labute approximate surface area is 111 Å². The lowest BCUT2D eigenvalue weighted by Gasteiger charge is -2.06. The quantitative estimate of drug-likeness (QED) is 0.783. The zero-order chi connectivity index (χ0) is 13.1. The van der Waals surface area contributed by atoms with Gasteiger partial charge in [-0.3, -0.25) is 14.5 Å². The van der Waals surface area contributed by atoms with Crippen molar-refractivity contribution in [2.75, 3.05) is 6.54 Å². The maximum absolute atomic E-state index is 11.9. The normalized spacial score (nSPS) is 17.9. The Morgan fingerprint density at radius 1 is 1.17 bits per heavy atom. The SMILES string of the molecule is CCc1ccc(/C=C2\SC(=O)N(CC)C2=O)cc1. The van der Waals surface area contributed by atoms with Gasteiger partial charge in [0, 0.05) is 6.54 Å². The van der Waals surface area contributed by atoms with Crippen LogP contribution in [0, 0.1) is 0 Å². The molecule has 3 nitrogen and oxygen atoms in total. The zero-order valence-corrected chi connectivity index (χ0v) is 11.3. The Balaban J connectivity index is 2.23. The minimum absolute atomic E-state index is 0.182. The van der Waals surface area contributed by atoms with Crippen molar-refractivity contribution in [1.82, 2.24) is 4.90 Å². The number of hydrogen-bond acceptors (Lipinski definition) is 3. The Kier molecular flexibility index (Phi) is 3.87. The third-order valence-corrected chi connectivity index (χ3v) is 3.78. The van der Waals surface area contributed by atoms with E-state index < -0.39 is 0 Å². The van der Waals surface area contributed by atoms with E-state index in [-0.39, 0.29) is 11.1 Å². The van der Waals surface area contributed by atoms with E-state index >= 15 is 0 Å². The van der Waals surface area contributed by atoms with E-state index in [2.05, 4.69) is 6.92 Å². The number of aryl methyl sites for hydroxylation is 1. The van der Waals surface area contributed by atoms with Crippen LogP contribution in [-0.2, 0) is 11.2 Å². The summed E-state index contributed by atoms with van der Waals surface area (Å²) in [6, 6.07) is 8.02. The average Bonchev–Trinajstić information content (AvgIpc) is 2.65. The molecule has 0 radical (unpaired) electrons. The average molecular weight is 261 g/mol. The fraction of sp³-hybridized carbons (Fsp3) is 0.286. The summed E-state index contributed by atoms with van der Waals surface area (Å²) in [5.74, 6) is -0.188. The molecule has 94 valence electrons. The smallest absolute Gasteiger partial charge is 0.269 e. The standard InChI is InChI=1S/C14H15NO2S/c1-3-10-5-7-11(8-6-10)9-12-13(16)15(4-2)14(17)18-12/h5-9H,3-4H2,1-2H3/b12-9-. The first-order valence-corrected chi connectivity index (χ1v) is 6.81. The van der Waals surface area contributed by atoms with E-state index in [1.54, 1.807) is 13.0 Å². The lowest BCUT2D eigenvalue weighted by Crippen LogP contribution is -2.27. The molecule has 2 rings (SSSR count). The van der Waals surface area contributed by atoms with E-state index in [1.807, 2.05) is 24.3 Å². The number of imide groups is 1. The van der Waals surface area contributed by atoms with Crippen molar-refractivity contribution in [3.05, 3.63) is 40.3 Å². The van der Waals surface area contributed by atoms with Crippen LogP contribution in [0.25, 0.3) is 6.08 Å². The van der Waals surface area contributed by atoms with Gasteiger partial charge in [-0.05, 0) is 42.3 Å². The second-order valence-corrected chi connectivity index (χ2v) is 5.01. The largest absolute Gasteiger partial charge is 0.293 e. The van der Waals surface area contributed by atoms with Crippen LogP contribution in [0.4, 0.5) is 4.79 Å². The minimum atomic E-state index is -0.188. The van der Waals surface area contributed by atoms with Crippen LogP contribution in [-0.4, -0.2) is 22.6 Å². The van der Waals surface area contributed by atoms with Crippen molar-refractivity contribution in [1.29, 1.82) is 0 Å². The van der Waals surface area contributed by atoms with E-state index in [9.17, 15) is 9.59 Å². The van der Waals surface area contributed by atoms with E-state index in [4.69, 9.17) is 0 Å². The Morgan fingerprint density at radius 2 is 1.83 bits per heavy atom. The van der Waals surface area contributed by atoms with Gasteiger partial charge in [-0.25, -0.2) is 0 Å². The molecule has 1 saturated heterocycles. The van der Waals surface area contributed by atoms with Gasteiger partial charge in [0.1, 0.15) is 0 Å². The Morgan fingerprint density at radius 3 is 2.33 bits per heavy atom.